The van der Waals surface area contributed by atoms with Crippen LogP contribution in [0.15, 0.2) is 18.2 Å². The first-order chi connectivity index (χ1) is 9.67. The Morgan fingerprint density at radius 1 is 1.30 bits per heavy atom. The van der Waals surface area contributed by atoms with E-state index in [1.807, 2.05) is 0 Å². The van der Waals surface area contributed by atoms with Crippen LogP contribution in [0.2, 0.25) is 0 Å². The van der Waals surface area contributed by atoms with E-state index in [2.05, 4.69) is 37.4 Å². The van der Waals surface area contributed by atoms with Crippen LogP contribution in [0, 0.1) is 24.7 Å². The van der Waals surface area contributed by atoms with E-state index in [9.17, 15) is 4.79 Å². The largest absolute Gasteiger partial charge is 0.326 e. The summed E-state index contributed by atoms with van der Waals surface area (Å²) in [6.07, 6.45) is 7.10. The van der Waals surface area contributed by atoms with Gasteiger partial charge in [-0.25, -0.2) is 0 Å². The van der Waals surface area contributed by atoms with Crippen molar-refractivity contribution in [2.75, 3.05) is 5.32 Å². The predicted molar refractivity (Wildman–Crippen MR) is 82.7 cm³/mol. The van der Waals surface area contributed by atoms with Crippen LogP contribution in [-0.2, 0) is 11.2 Å². The molecule has 2 heteroatoms. The monoisotopic (exact) mass is 271 g/mol. The lowest BCUT2D eigenvalue weighted by Crippen LogP contribution is -2.21. The standard InChI is InChI=1S/C18H25NO/c1-3-14-6-4-5-12(2)18(14)19-17(20)11-16-10-13-7-8-15(16)9-13/h4-6,13,15-16H,3,7-11H2,1-2H3,(H,19,20). The molecule has 2 fully saturated rings. The number of hydrogen-bond donors (Lipinski definition) is 1. The molecule has 2 bridgehead atoms. The quantitative estimate of drug-likeness (QED) is 0.868. The summed E-state index contributed by atoms with van der Waals surface area (Å²) in [5.74, 6) is 2.60. The molecule has 0 radical (unpaired) electrons. The maximum Gasteiger partial charge on any atom is 0.224 e. The maximum absolute atomic E-state index is 12.4. The summed E-state index contributed by atoms with van der Waals surface area (Å²) in [5, 5.41) is 3.18. The molecule has 2 saturated carbocycles. The Labute approximate surface area is 122 Å². The summed E-state index contributed by atoms with van der Waals surface area (Å²) in [5.41, 5.74) is 3.46. The van der Waals surface area contributed by atoms with Crippen LogP contribution in [0.25, 0.3) is 0 Å². The minimum atomic E-state index is 0.214. The SMILES string of the molecule is CCc1cccc(C)c1NC(=O)CC1CC2CCC1C2. The average molecular weight is 271 g/mol. The number of anilines is 1. The number of aryl methyl sites for hydroxylation is 2. The van der Waals surface area contributed by atoms with Gasteiger partial charge in [0, 0.05) is 12.1 Å². The molecule has 0 heterocycles. The van der Waals surface area contributed by atoms with E-state index in [4.69, 9.17) is 0 Å². The molecule has 3 rings (SSSR count). The molecule has 3 atom stereocenters. The van der Waals surface area contributed by atoms with Gasteiger partial charge in [-0.2, -0.15) is 0 Å². The van der Waals surface area contributed by atoms with Gasteiger partial charge in [0.25, 0.3) is 0 Å². The molecule has 108 valence electrons. The molecule has 1 N–H and O–H groups in total. The first kappa shape index (κ1) is 13.7. The molecule has 2 nitrogen and oxygen atoms in total. The smallest absolute Gasteiger partial charge is 0.224 e. The Morgan fingerprint density at radius 3 is 2.80 bits per heavy atom. The predicted octanol–water partition coefficient (Wildman–Crippen LogP) is 4.32. The van der Waals surface area contributed by atoms with Gasteiger partial charge >= 0.3 is 0 Å². The van der Waals surface area contributed by atoms with Crippen molar-refractivity contribution in [3.8, 4) is 0 Å². The van der Waals surface area contributed by atoms with E-state index in [-0.39, 0.29) is 5.91 Å². The molecular weight excluding hydrogens is 246 g/mol. The van der Waals surface area contributed by atoms with Gasteiger partial charge in [0.2, 0.25) is 5.91 Å². The van der Waals surface area contributed by atoms with Gasteiger partial charge in [0.1, 0.15) is 0 Å². The fourth-order valence-electron chi connectivity index (χ4n) is 4.26. The van der Waals surface area contributed by atoms with E-state index in [0.29, 0.717) is 5.92 Å². The lowest BCUT2D eigenvalue weighted by atomic mass is 9.86. The van der Waals surface area contributed by atoms with Crippen LogP contribution < -0.4 is 5.32 Å². The van der Waals surface area contributed by atoms with E-state index >= 15 is 0 Å². The second kappa shape index (κ2) is 5.59. The van der Waals surface area contributed by atoms with Crippen molar-refractivity contribution in [2.45, 2.75) is 52.4 Å². The number of rotatable bonds is 4. The van der Waals surface area contributed by atoms with Gasteiger partial charge in [-0.05, 0) is 61.5 Å². The molecule has 0 aromatic heterocycles. The molecule has 2 aliphatic carbocycles. The second-order valence-corrected chi connectivity index (χ2v) is 6.65. The lowest BCUT2D eigenvalue weighted by molar-refractivity contribution is -0.117. The number of nitrogens with one attached hydrogen (secondary N) is 1. The third kappa shape index (κ3) is 2.61. The summed E-state index contributed by atoms with van der Waals surface area (Å²) >= 11 is 0. The molecule has 20 heavy (non-hydrogen) atoms. The molecule has 1 aromatic rings. The van der Waals surface area contributed by atoms with Gasteiger partial charge in [-0.3, -0.25) is 4.79 Å². The van der Waals surface area contributed by atoms with Crippen molar-refractivity contribution >= 4 is 11.6 Å². The van der Waals surface area contributed by atoms with Gasteiger partial charge in [-0.1, -0.05) is 31.5 Å². The summed E-state index contributed by atoms with van der Waals surface area (Å²) in [6, 6.07) is 6.26. The Balaban J connectivity index is 1.64. The van der Waals surface area contributed by atoms with Gasteiger partial charge in [0.05, 0.1) is 0 Å². The van der Waals surface area contributed by atoms with Crippen molar-refractivity contribution in [3.63, 3.8) is 0 Å². The zero-order valence-corrected chi connectivity index (χ0v) is 12.6. The van der Waals surface area contributed by atoms with Gasteiger partial charge < -0.3 is 5.32 Å². The number of benzene rings is 1. The molecule has 3 unspecified atom stereocenters. The van der Waals surface area contributed by atoms with Crippen molar-refractivity contribution < 1.29 is 4.79 Å². The topological polar surface area (TPSA) is 29.1 Å². The minimum Gasteiger partial charge on any atom is -0.326 e. The Kier molecular flexibility index (Phi) is 3.82. The number of carbonyl (C=O) groups is 1. The van der Waals surface area contributed by atoms with Crippen LogP contribution >= 0.6 is 0 Å². The molecule has 0 aliphatic heterocycles. The van der Waals surface area contributed by atoms with Crippen LogP contribution in [-0.4, -0.2) is 5.91 Å². The number of amides is 1. The van der Waals surface area contributed by atoms with Gasteiger partial charge in [-0.15, -0.1) is 0 Å². The van der Waals surface area contributed by atoms with Gasteiger partial charge in [0.15, 0.2) is 0 Å². The van der Waals surface area contributed by atoms with Crippen molar-refractivity contribution in [1.29, 1.82) is 0 Å². The first-order valence-electron chi connectivity index (χ1n) is 8.05. The van der Waals surface area contributed by atoms with E-state index in [1.54, 1.807) is 0 Å². The fourth-order valence-corrected chi connectivity index (χ4v) is 4.26. The maximum atomic E-state index is 12.4. The molecule has 0 saturated heterocycles. The van der Waals surface area contributed by atoms with Crippen LogP contribution in [0.1, 0.15) is 50.2 Å². The minimum absolute atomic E-state index is 0.214. The fraction of sp³-hybridized carbons (Fsp3) is 0.611. The average Bonchev–Trinajstić information content (AvgIpc) is 3.03. The highest BCUT2D eigenvalue weighted by atomic mass is 16.1. The first-order valence-corrected chi connectivity index (χ1v) is 8.05. The van der Waals surface area contributed by atoms with Crippen molar-refractivity contribution in [2.24, 2.45) is 17.8 Å². The molecule has 1 aromatic carbocycles. The van der Waals surface area contributed by atoms with E-state index in [1.165, 1.54) is 36.8 Å². The Bertz CT molecular complexity index is 508. The normalized spacial score (nSPS) is 27.8. The molecule has 0 spiro atoms. The molecule has 1 amide bonds. The number of fused-ring (bicyclic) bond motifs is 2. The molecule has 2 aliphatic rings. The van der Waals surface area contributed by atoms with Crippen LogP contribution in [0.4, 0.5) is 5.69 Å². The number of hydrogen-bond acceptors (Lipinski definition) is 1. The highest BCUT2D eigenvalue weighted by Crippen LogP contribution is 2.49. The third-order valence-corrected chi connectivity index (χ3v) is 5.34. The van der Waals surface area contributed by atoms with E-state index in [0.717, 1.165) is 30.4 Å². The van der Waals surface area contributed by atoms with Crippen molar-refractivity contribution in [3.05, 3.63) is 29.3 Å². The van der Waals surface area contributed by atoms with Crippen LogP contribution in [0.3, 0.4) is 0 Å². The summed E-state index contributed by atoms with van der Waals surface area (Å²) in [7, 11) is 0. The highest BCUT2D eigenvalue weighted by Gasteiger charge is 2.40. The summed E-state index contributed by atoms with van der Waals surface area (Å²) in [4.78, 5) is 12.4. The highest BCUT2D eigenvalue weighted by molar-refractivity contribution is 5.92. The van der Waals surface area contributed by atoms with E-state index < -0.39 is 0 Å². The second-order valence-electron chi connectivity index (χ2n) is 6.65. The Hall–Kier alpha value is -1.31. The number of para-hydroxylation sites is 1. The van der Waals surface area contributed by atoms with Crippen LogP contribution in [0.5, 0.6) is 0 Å². The third-order valence-electron chi connectivity index (χ3n) is 5.34. The number of carbonyl (C=O) groups excluding carboxylic acids is 1. The molecular formula is C18H25NO. The van der Waals surface area contributed by atoms with Crippen molar-refractivity contribution in [1.82, 2.24) is 0 Å². The summed E-state index contributed by atoms with van der Waals surface area (Å²) < 4.78 is 0. The lowest BCUT2D eigenvalue weighted by Gasteiger charge is -2.21. The zero-order chi connectivity index (χ0) is 14.1. The Morgan fingerprint density at radius 2 is 2.15 bits per heavy atom. The zero-order valence-electron chi connectivity index (χ0n) is 12.6. The summed E-state index contributed by atoms with van der Waals surface area (Å²) in [6.45, 7) is 4.21.